The van der Waals surface area contributed by atoms with Crippen LogP contribution in [0.4, 0.5) is 0 Å². The Balaban J connectivity index is 1.71. The lowest BCUT2D eigenvalue weighted by atomic mass is 10.3. The van der Waals surface area contributed by atoms with E-state index in [1.54, 1.807) is 34.9 Å². The summed E-state index contributed by atoms with van der Waals surface area (Å²) >= 11 is 10.8. The fourth-order valence-electron chi connectivity index (χ4n) is 2.03. The Morgan fingerprint density at radius 1 is 1.30 bits per heavy atom. The molecule has 0 aliphatic rings. The molecule has 2 heterocycles. The average molecular weight is 383 g/mol. The molecule has 8 heteroatoms. The van der Waals surface area contributed by atoms with Gasteiger partial charge in [0, 0.05) is 17.3 Å². The Labute approximate surface area is 152 Å². The smallest absolute Gasteiger partial charge is 0.191 e. The molecule has 0 unspecified atom stereocenters. The van der Waals surface area contributed by atoms with Gasteiger partial charge in [0.15, 0.2) is 9.50 Å². The average Bonchev–Trinajstić information content (AvgIpc) is 3.13. The van der Waals surface area contributed by atoms with Gasteiger partial charge in [-0.25, -0.2) is 4.98 Å². The molecule has 2 aromatic heterocycles. The predicted molar refractivity (Wildman–Crippen MR) is 101 cm³/mol. The number of thioether (sulfide) groups is 2. The van der Waals surface area contributed by atoms with Crippen molar-refractivity contribution >= 4 is 56.7 Å². The molecular weight excluding hydrogens is 368 g/mol. The zero-order valence-corrected chi connectivity index (χ0v) is 15.7. The zero-order chi connectivity index (χ0) is 16.2. The highest BCUT2D eigenvalue weighted by atomic mass is 35.5. The standard InChI is InChI=1S/C15H15ClN4S3/c1-3-20-13(18-19-14(20)21-8-10(2)16)9-22-15-17-11-6-4-5-7-12(11)23-15/h4-7H,2-3,8-9H2,1H3. The Morgan fingerprint density at radius 3 is 2.87 bits per heavy atom. The van der Waals surface area contributed by atoms with Crippen molar-refractivity contribution in [2.45, 2.75) is 28.7 Å². The maximum atomic E-state index is 5.83. The number of halogens is 1. The minimum absolute atomic E-state index is 0.617. The van der Waals surface area contributed by atoms with E-state index in [2.05, 4.69) is 39.3 Å². The van der Waals surface area contributed by atoms with Crippen LogP contribution in [0.15, 0.2) is 45.4 Å². The van der Waals surface area contributed by atoms with Gasteiger partial charge in [-0.2, -0.15) is 0 Å². The molecule has 0 saturated carbocycles. The Morgan fingerprint density at radius 2 is 2.13 bits per heavy atom. The molecule has 23 heavy (non-hydrogen) atoms. The number of para-hydroxylation sites is 1. The molecule has 4 nitrogen and oxygen atoms in total. The van der Waals surface area contributed by atoms with Gasteiger partial charge in [-0.3, -0.25) is 0 Å². The second-order valence-corrected chi connectivity index (χ2v) is 8.42. The summed E-state index contributed by atoms with van der Waals surface area (Å²) < 4.78 is 4.38. The third-order valence-electron chi connectivity index (χ3n) is 3.07. The summed E-state index contributed by atoms with van der Waals surface area (Å²) in [6, 6.07) is 8.19. The first-order valence-electron chi connectivity index (χ1n) is 7.04. The number of benzene rings is 1. The number of rotatable bonds is 7. The van der Waals surface area contributed by atoms with Crippen LogP contribution in [0.3, 0.4) is 0 Å². The molecule has 0 aliphatic heterocycles. The van der Waals surface area contributed by atoms with E-state index < -0.39 is 0 Å². The number of fused-ring (bicyclic) bond motifs is 1. The van der Waals surface area contributed by atoms with E-state index in [-0.39, 0.29) is 0 Å². The maximum absolute atomic E-state index is 5.83. The normalized spacial score (nSPS) is 11.2. The van der Waals surface area contributed by atoms with Crippen LogP contribution in [0.5, 0.6) is 0 Å². The summed E-state index contributed by atoms with van der Waals surface area (Å²) in [7, 11) is 0. The fourth-order valence-corrected chi connectivity index (χ4v) is 4.98. The highest BCUT2D eigenvalue weighted by molar-refractivity contribution is 8.00. The molecular formula is C15H15ClN4S3. The van der Waals surface area contributed by atoms with E-state index in [4.69, 9.17) is 11.6 Å². The molecule has 0 aliphatic carbocycles. The van der Waals surface area contributed by atoms with Crippen LogP contribution in [-0.4, -0.2) is 25.5 Å². The number of aromatic nitrogens is 4. The quantitative estimate of drug-likeness (QED) is 0.535. The molecule has 0 bridgehead atoms. The minimum atomic E-state index is 0.617. The van der Waals surface area contributed by atoms with Crippen molar-refractivity contribution in [1.82, 2.24) is 19.7 Å². The summed E-state index contributed by atoms with van der Waals surface area (Å²) in [5, 5.41) is 10.1. The monoisotopic (exact) mass is 382 g/mol. The molecule has 0 N–H and O–H groups in total. The van der Waals surface area contributed by atoms with Crippen LogP contribution in [0.25, 0.3) is 10.2 Å². The Bertz CT molecular complexity index is 794. The highest BCUT2D eigenvalue weighted by Gasteiger charge is 2.13. The van der Waals surface area contributed by atoms with Crippen LogP contribution >= 0.6 is 46.5 Å². The molecule has 0 fully saturated rings. The van der Waals surface area contributed by atoms with Crippen LogP contribution in [0.1, 0.15) is 12.7 Å². The lowest BCUT2D eigenvalue weighted by molar-refractivity contribution is 0.659. The molecule has 0 amide bonds. The number of thiazole rings is 1. The second kappa shape index (κ2) is 7.70. The third kappa shape index (κ3) is 4.09. The topological polar surface area (TPSA) is 43.6 Å². The fraction of sp³-hybridized carbons (Fsp3) is 0.267. The maximum Gasteiger partial charge on any atom is 0.191 e. The lowest BCUT2D eigenvalue weighted by Crippen LogP contribution is -2.02. The Hall–Kier alpha value is -1.02. The summed E-state index contributed by atoms with van der Waals surface area (Å²) in [6.07, 6.45) is 0. The van der Waals surface area contributed by atoms with Gasteiger partial charge in [0.1, 0.15) is 5.82 Å². The zero-order valence-electron chi connectivity index (χ0n) is 12.5. The van der Waals surface area contributed by atoms with E-state index >= 15 is 0 Å². The van der Waals surface area contributed by atoms with Gasteiger partial charge in [-0.05, 0) is 19.1 Å². The molecule has 0 atom stereocenters. The van der Waals surface area contributed by atoms with E-state index in [1.807, 2.05) is 18.2 Å². The van der Waals surface area contributed by atoms with E-state index in [1.165, 1.54) is 4.70 Å². The van der Waals surface area contributed by atoms with Crippen LogP contribution in [0, 0.1) is 0 Å². The molecule has 120 valence electrons. The van der Waals surface area contributed by atoms with Crippen molar-refractivity contribution < 1.29 is 0 Å². The Kier molecular flexibility index (Phi) is 5.63. The van der Waals surface area contributed by atoms with Crippen LogP contribution < -0.4 is 0 Å². The first-order chi connectivity index (χ1) is 11.2. The number of hydrogen-bond donors (Lipinski definition) is 0. The van der Waals surface area contributed by atoms with E-state index in [0.29, 0.717) is 10.8 Å². The van der Waals surface area contributed by atoms with E-state index in [0.717, 1.165) is 33.1 Å². The summed E-state index contributed by atoms with van der Waals surface area (Å²) in [5.41, 5.74) is 1.05. The summed E-state index contributed by atoms with van der Waals surface area (Å²) in [6.45, 7) is 6.63. The van der Waals surface area contributed by atoms with Crippen LogP contribution in [-0.2, 0) is 12.3 Å². The van der Waals surface area contributed by atoms with Gasteiger partial charge in [-0.15, -0.1) is 21.5 Å². The SMILES string of the molecule is C=C(Cl)CSc1nnc(CSc2nc3ccccc3s2)n1CC. The molecule has 3 rings (SSSR count). The minimum Gasteiger partial charge on any atom is -0.306 e. The van der Waals surface area contributed by atoms with Crippen molar-refractivity contribution in [1.29, 1.82) is 0 Å². The number of nitrogens with zero attached hydrogens (tertiary/aromatic N) is 4. The summed E-state index contributed by atoms with van der Waals surface area (Å²) in [5.74, 6) is 2.35. The predicted octanol–water partition coefficient (Wildman–Crippen LogP) is 5.04. The van der Waals surface area contributed by atoms with Crippen molar-refractivity contribution in [3.63, 3.8) is 0 Å². The molecule has 3 aromatic rings. The molecule has 0 saturated heterocycles. The van der Waals surface area contributed by atoms with Crippen molar-refractivity contribution in [2.75, 3.05) is 5.75 Å². The van der Waals surface area contributed by atoms with Crippen molar-refractivity contribution in [2.24, 2.45) is 0 Å². The van der Waals surface area contributed by atoms with Gasteiger partial charge in [-0.1, -0.05) is 53.8 Å². The van der Waals surface area contributed by atoms with Gasteiger partial charge in [0.05, 0.1) is 16.0 Å². The second-order valence-electron chi connectivity index (χ2n) is 4.69. The molecule has 1 aromatic carbocycles. The first-order valence-corrected chi connectivity index (χ1v) is 10.2. The van der Waals surface area contributed by atoms with Crippen molar-refractivity contribution in [3.8, 4) is 0 Å². The van der Waals surface area contributed by atoms with Crippen LogP contribution in [0.2, 0.25) is 0 Å². The van der Waals surface area contributed by atoms with E-state index in [9.17, 15) is 0 Å². The number of hydrogen-bond acceptors (Lipinski definition) is 6. The highest BCUT2D eigenvalue weighted by Crippen LogP contribution is 2.31. The van der Waals surface area contributed by atoms with Gasteiger partial charge >= 0.3 is 0 Å². The molecule has 0 spiro atoms. The van der Waals surface area contributed by atoms with Gasteiger partial charge in [0.2, 0.25) is 0 Å². The third-order valence-corrected chi connectivity index (χ3v) is 6.59. The largest absolute Gasteiger partial charge is 0.306 e. The first kappa shape index (κ1) is 16.8. The van der Waals surface area contributed by atoms with Gasteiger partial charge < -0.3 is 4.57 Å². The molecule has 0 radical (unpaired) electrons. The van der Waals surface area contributed by atoms with Crippen molar-refractivity contribution in [3.05, 3.63) is 41.7 Å². The lowest BCUT2D eigenvalue weighted by Gasteiger charge is -2.05. The van der Waals surface area contributed by atoms with Gasteiger partial charge in [0.25, 0.3) is 0 Å². The summed E-state index contributed by atoms with van der Waals surface area (Å²) in [4.78, 5) is 4.64.